The minimum Gasteiger partial charge on any atom is -1.00 e. The summed E-state index contributed by atoms with van der Waals surface area (Å²) in [7, 11) is -2.44. The van der Waals surface area contributed by atoms with Crippen molar-refractivity contribution in [2.75, 3.05) is 6.26 Å². The van der Waals surface area contributed by atoms with E-state index in [9.17, 15) is 0 Å². The van der Waals surface area contributed by atoms with Crippen molar-refractivity contribution in [2.24, 2.45) is 0 Å². The normalized spacial score (nSPS) is 11.4. The minimum atomic E-state index is -2.44. The second kappa shape index (κ2) is 11.8. The van der Waals surface area contributed by atoms with Crippen molar-refractivity contribution < 1.29 is 24.0 Å². The standard InChI is InChI=1S/C35H27N3PS.HI/c1-40-35-32(34-36-30-24-14-15-25-31(30)38(34)33(37-35)26-16-6-2-7-17-26)39(27-18-8-3-9-19-27,28-20-10-4-11-21-28)29-22-12-5-13-23-29;/h2-25H,1H3;1H/q+1;/p-1. The Morgan fingerprint density at radius 3 is 1.54 bits per heavy atom. The molecule has 200 valence electrons. The zero-order valence-electron chi connectivity index (χ0n) is 22.4. The lowest BCUT2D eigenvalue weighted by Crippen LogP contribution is -3.00. The number of benzene rings is 5. The number of imidazole rings is 1. The first-order valence-corrected chi connectivity index (χ1v) is 16.3. The van der Waals surface area contributed by atoms with Crippen molar-refractivity contribution in [3.63, 3.8) is 0 Å². The maximum Gasteiger partial charge on any atom is 0.186 e. The fourth-order valence-corrected chi connectivity index (χ4v) is 11.2. The molecule has 6 heteroatoms. The predicted octanol–water partition coefficient (Wildman–Crippen LogP) is 3.89. The summed E-state index contributed by atoms with van der Waals surface area (Å²) in [6.45, 7) is 0. The predicted molar refractivity (Wildman–Crippen MR) is 172 cm³/mol. The number of halogens is 1. The Morgan fingerprint density at radius 1 is 0.561 bits per heavy atom. The zero-order valence-corrected chi connectivity index (χ0v) is 26.3. The Hall–Kier alpha value is -3.51. The minimum absolute atomic E-state index is 0. The van der Waals surface area contributed by atoms with Gasteiger partial charge in [-0.3, -0.25) is 4.40 Å². The Labute approximate surface area is 262 Å². The number of nitrogens with zero attached hydrogens (tertiary/aromatic N) is 3. The summed E-state index contributed by atoms with van der Waals surface area (Å²) in [5.41, 5.74) is 4.06. The van der Waals surface area contributed by atoms with Gasteiger partial charge in [-0.25, -0.2) is 9.97 Å². The van der Waals surface area contributed by atoms with Gasteiger partial charge in [-0.1, -0.05) is 97.1 Å². The molecule has 0 amide bonds. The Bertz CT molecular complexity index is 1830. The number of fused-ring (bicyclic) bond motifs is 3. The second-order valence-corrected chi connectivity index (χ2v) is 13.7. The van der Waals surface area contributed by atoms with Crippen molar-refractivity contribution in [3.05, 3.63) is 146 Å². The van der Waals surface area contributed by atoms with E-state index in [4.69, 9.17) is 9.97 Å². The summed E-state index contributed by atoms with van der Waals surface area (Å²) in [5, 5.41) is 6.05. The van der Waals surface area contributed by atoms with Crippen LogP contribution in [-0.4, -0.2) is 20.6 Å². The number of hydrogen-bond acceptors (Lipinski definition) is 3. The molecule has 7 rings (SSSR count). The van der Waals surface area contributed by atoms with E-state index in [1.165, 1.54) is 21.2 Å². The lowest BCUT2D eigenvalue weighted by Gasteiger charge is -2.29. The van der Waals surface area contributed by atoms with E-state index in [2.05, 4.69) is 150 Å². The molecule has 0 saturated heterocycles. The van der Waals surface area contributed by atoms with Crippen LogP contribution in [-0.2, 0) is 0 Å². The first-order chi connectivity index (χ1) is 19.8. The van der Waals surface area contributed by atoms with E-state index in [0.29, 0.717) is 0 Å². The molecule has 0 spiro atoms. The molecule has 0 fully saturated rings. The lowest BCUT2D eigenvalue weighted by atomic mass is 10.2. The molecule has 0 saturated carbocycles. The van der Waals surface area contributed by atoms with Crippen LogP contribution in [0.4, 0.5) is 0 Å². The Balaban J connectivity index is 0.00000302. The number of rotatable bonds is 6. The largest absolute Gasteiger partial charge is 1.00 e. The van der Waals surface area contributed by atoms with E-state index in [1.54, 1.807) is 11.8 Å². The van der Waals surface area contributed by atoms with Gasteiger partial charge in [0, 0.05) is 5.56 Å². The van der Waals surface area contributed by atoms with Crippen LogP contribution >= 0.6 is 19.0 Å². The van der Waals surface area contributed by atoms with Gasteiger partial charge >= 0.3 is 0 Å². The van der Waals surface area contributed by atoms with E-state index in [-0.39, 0.29) is 24.0 Å². The highest BCUT2D eigenvalue weighted by Crippen LogP contribution is 2.56. The van der Waals surface area contributed by atoms with Gasteiger partial charge < -0.3 is 24.0 Å². The maximum absolute atomic E-state index is 5.47. The van der Waals surface area contributed by atoms with Crippen LogP contribution in [0.5, 0.6) is 0 Å². The van der Waals surface area contributed by atoms with E-state index in [0.717, 1.165) is 33.1 Å². The highest BCUT2D eigenvalue weighted by Gasteiger charge is 2.52. The van der Waals surface area contributed by atoms with Gasteiger partial charge in [-0.05, 0) is 54.8 Å². The maximum atomic E-state index is 5.47. The van der Waals surface area contributed by atoms with Gasteiger partial charge in [0.25, 0.3) is 0 Å². The third-order valence-electron chi connectivity index (χ3n) is 7.39. The molecule has 5 aromatic carbocycles. The van der Waals surface area contributed by atoms with Gasteiger partial charge in [-0.15, -0.1) is 11.8 Å². The van der Waals surface area contributed by atoms with E-state index < -0.39 is 7.26 Å². The number of thioether (sulfide) groups is 1. The smallest absolute Gasteiger partial charge is 0.186 e. The highest BCUT2D eigenvalue weighted by molar-refractivity contribution is 8.04. The third-order valence-corrected chi connectivity index (χ3v) is 12.5. The first kappa shape index (κ1) is 27.6. The Kier molecular flexibility index (Phi) is 7.94. The topological polar surface area (TPSA) is 30.2 Å². The van der Waals surface area contributed by atoms with Gasteiger partial charge in [0.1, 0.15) is 26.8 Å². The molecule has 2 aromatic heterocycles. The number of hydrogen-bond donors (Lipinski definition) is 0. The van der Waals surface area contributed by atoms with Crippen LogP contribution in [0.15, 0.2) is 151 Å². The van der Waals surface area contributed by atoms with Crippen LogP contribution in [0, 0.1) is 0 Å². The average Bonchev–Trinajstić information content (AvgIpc) is 3.43. The molecule has 41 heavy (non-hydrogen) atoms. The number of aromatic nitrogens is 3. The second-order valence-electron chi connectivity index (χ2n) is 9.60. The molecule has 3 nitrogen and oxygen atoms in total. The summed E-state index contributed by atoms with van der Waals surface area (Å²) in [6, 6.07) is 51.8. The monoisotopic (exact) mass is 679 g/mol. The molecule has 0 radical (unpaired) electrons. The summed E-state index contributed by atoms with van der Waals surface area (Å²) in [5.74, 6) is 0.907. The highest BCUT2D eigenvalue weighted by atomic mass is 127. The molecule has 2 heterocycles. The van der Waals surface area contributed by atoms with Gasteiger partial charge in [0.2, 0.25) is 0 Å². The summed E-state index contributed by atoms with van der Waals surface area (Å²) in [6.07, 6.45) is 2.13. The van der Waals surface area contributed by atoms with Crippen LogP contribution < -0.4 is 45.2 Å². The van der Waals surface area contributed by atoms with E-state index >= 15 is 0 Å². The van der Waals surface area contributed by atoms with Crippen LogP contribution in [0.2, 0.25) is 0 Å². The summed E-state index contributed by atoms with van der Waals surface area (Å²) >= 11 is 1.70. The molecule has 0 bridgehead atoms. The quantitative estimate of drug-likeness (QED) is 0.116. The Morgan fingerprint density at radius 2 is 1.02 bits per heavy atom. The van der Waals surface area contributed by atoms with Gasteiger partial charge in [0.05, 0.1) is 11.0 Å². The molecule has 0 aliphatic heterocycles. The third kappa shape index (κ3) is 4.57. The number of para-hydroxylation sites is 2. The van der Waals surface area contributed by atoms with Crippen molar-refractivity contribution >= 4 is 56.9 Å². The first-order valence-electron chi connectivity index (χ1n) is 13.3. The molecular formula is C35H27IN3PS. The lowest BCUT2D eigenvalue weighted by molar-refractivity contribution is -0.00000775. The molecular weight excluding hydrogens is 652 g/mol. The molecule has 0 unspecified atom stereocenters. The molecule has 0 atom stereocenters. The fourth-order valence-electron chi connectivity index (χ4n) is 5.70. The van der Waals surface area contributed by atoms with Crippen molar-refractivity contribution in [1.82, 2.24) is 14.4 Å². The van der Waals surface area contributed by atoms with Crippen molar-refractivity contribution in [2.45, 2.75) is 5.03 Å². The molecule has 7 aromatic rings. The SMILES string of the molecule is CSc1nc(-c2ccccc2)n2c(nc3ccccc32)c1[P+](c1ccccc1)(c1ccccc1)c1ccccc1.[I-]. The molecule has 0 aliphatic carbocycles. The van der Waals surface area contributed by atoms with Gasteiger partial charge in [0.15, 0.2) is 18.2 Å². The van der Waals surface area contributed by atoms with Crippen molar-refractivity contribution in [3.8, 4) is 11.4 Å². The van der Waals surface area contributed by atoms with Crippen LogP contribution in [0.1, 0.15) is 0 Å². The van der Waals surface area contributed by atoms with Crippen molar-refractivity contribution in [1.29, 1.82) is 0 Å². The van der Waals surface area contributed by atoms with E-state index in [1.807, 2.05) is 6.07 Å². The summed E-state index contributed by atoms with van der Waals surface area (Å²) < 4.78 is 2.28. The van der Waals surface area contributed by atoms with Crippen LogP contribution in [0.3, 0.4) is 0 Å². The summed E-state index contributed by atoms with van der Waals surface area (Å²) in [4.78, 5) is 10.9. The fraction of sp³-hybridized carbons (Fsp3) is 0.0286. The van der Waals surface area contributed by atoms with Gasteiger partial charge in [-0.2, -0.15) is 0 Å². The zero-order chi connectivity index (χ0) is 26.9. The average molecular weight is 680 g/mol. The van der Waals surface area contributed by atoms with Crippen LogP contribution in [0.25, 0.3) is 28.1 Å². The molecule has 0 N–H and O–H groups in total. The molecule has 0 aliphatic rings.